The molecule has 0 aromatic heterocycles. The van der Waals surface area contributed by atoms with E-state index >= 15 is 0 Å². The molecule has 0 amide bonds. The average Bonchev–Trinajstić information content (AvgIpc) is 2.29. The maximum atomic E-state index is 12.7. The number of rotatable bonds is 4. The molecule has 1 rings (SSSR count). The van der Waals surface area contributed by atoms with E-state index in [0.29, 0.717) is 5.92 Å². The second-order valence-corrected chi connectivity index (χ2v) is 8.60. The van der Waals surface area contributed by atoms with Crippen LogP contribution in [0.2, 0.25) is 0 Å². The molecule has 0 radical (unpaired) electrons. The van der Waals surface area contributed by atoms with Crippen LogP contribution in [0.5, 0.6) is 0 Å². The predicted molar refractivity (Wildman–Crippen MR) is 84.5 cm³/mol. The number of hydrogen-bond acceptors (Lipinski definition) is 2. The van der Waals surface area contributed by atoms with E-state index in [0.717, 1.165) is 25.2 Å². The summed E-state index contributed by atoms with van der Waals surface area (Å²) in [5, 5.41) is 0. The zero-order valence-electron chi connectivity index (χ0n) is 14.6. The van der Waals surface area contributed by atoms with Crippen LogP contribution in [0.3, 0.4) is 0 Å². The first-order valence-electron chi connectivity index (χ1n) is 8.25. The van der Waals surface area contributed by atoms with E-state index in [1.54, 1.807) is 0 Å². The Balaban J connectivity index is 2.69. The molecular formula is C18H34O2. The number of hydrogen-bond donors (Lipinski definition) is 0. The molecule has 1 fully saturated rings. The fraction of sp³-hybridized carbons (Fsp3) is 0.944. The molecular weight excluding hydrogens is 248 g/mol. The van der Waals surface area contributed by atoms with Gasteiger partial charge in [-0.25, -0.2) is 0 Å². The minimum atomic E-state index is -0.374. The average molecular weight is 282 g/mol. The van der Waals surface area contributed by atoms with E-state index in [1.165, 1.54) is 12.8 Å². The highest BCUT2D eigenvalue weighted by atomic mass is 16.5. The van der Waals surface area contributed by atoms with Gasteiger partial charge in [0, 0.05) is 0 Å². The molecule has 0 aromatic carbocycles. The topological polar surface area (TPSA) is 26.3 Å². The second kappa shape index (κ2) is 6.49. The highest BCUT2D eigenvalue weighted by Crippen LogP contribution is 2.41. The van der Waals surface area contributed by atoms with Crippen LogP contribution in [0.15, 0.2) is 0 Å². The maximum absolute atomic E-state index is 12.7. The molecule has 1 saturated carbocycles. The van der Waals surface area contributed by atoms with Crippen LogP contribution in [-0.2, 0) is 9.53 Å². The van der Waals surface area contributed by atoms with Gasteiger partial charge in [0.2, 0.25) is 0 Å². The van der Waals surface area contributed by atoms with E-state index in [4.69, 9.17) is 4.74 Å². The Bertz CT molecular complexity index is 319. The highest BCUT2D eigenvalue weighted by Gasteiger charge is 2.42. The monoisotopic (exact) mass is 282 g/mol. The molecule has 1 aliphatic rings. The lowest BCUT2D eigenvalue weighted by Gasteiger charge is -2.38. The fourth-order valence-corrected chi connectivity index (χ4v) is 3.25. The van der Waals surface area contributed by atoms with Crippen molar-refractivity contribution in [3.63, 3.8) is 0 Å². The Hall–Kier alpha value is -0.530. The van der Waals surface area contributed by atoms with Gasteiger partial charge in [-0.1, -0.05) is 41.5 Å². The number of ether oxygens (including phenoxy) is 1. The van der Waals surface area contributed by atoms with Gasteiger partial charge in [0.25, 0.3) is 0 Å². The molecule has 0 saturated heterocycles. The molecule has 1 aliphatic carbocycles. The lowest BCUT2D eigenvalue weighted by atomic mass is 9.68. The summed E-state index contributed by atoms with van der Waals surface area (Å²) in [5.74, 6) is 1.11. The summed E-state index contributed by atoms with van der Waals surface area (Å²) in [6.07, 6.45) is 5.48. The minimum Gasteiger partial charge on any atom is -0.462 e. The van der Waals surface area contributed by atoms with Crippen molar-refractivity contribution in [3.05, 3.63) is 0 Å². The number of carbonyl (C=O) groups excluding carboxylic acids is 1. The highest BCUT2D eigenvalue weighted by molar-refractivity contribution is 5.77. The summed E-state index contributed by atoms with van der Waals surface area (Å²) in [6.45, 7) is 15.2. The van der Waals surface area contributed by atoms with Crippen LogP contribution in [0.25, 0.3) is 0 Å². The molecule has 2 nitrogen and oxygen atoms in total. The predicted octanol–water partition coefficient (Wildman–Crippen LogP) is 5.21. The summed E-state index contributed by atoms with van der Waals surface area (Å²) >= 11 is 0. The molecule has 2 heteroatoms. The van der Waals surface area contributed by atoms with Crippen LogP contribution >= 0.6 is 0 Å². The molecule has 1 unspecified atom stereocenters. The van der Waals surface area contributed by atoms with Crippen LogP contribution in [0.1, 0.15) is 80.6 Å². The Morgan fingerprint density at radius 3 is 2.00 bits per heavy atom. The zero-order valence-corrected chi connectivity index (χ0v) is 14.6. The molecule has 0 aliphatic heterocycles. The van der Waals surface area contributed by atoms with Crippen molar-refractivity contribution in [2.45, 2.75) is 86.7 Å². The summed E-state index contributed by atoms with van der Waals surface area (Å²) in [6, 6.07) is 0. The van der Waals surface area contributed by atoms with Gasteiger partial charge in [0.1, 0.15) is 6.10 Å². The van der Waals surface area contributed by atoms with Gasteiger partial charge in [-0.15, -0.1) is 0 Å². The van der Waals surface area contributed by atoms with E-state index in [2.05, 4.69) is 48.5 Å². The molecule has 0 spiro atoms. The summed E-state index contributed by atoms with van der Waals surface area (Å²) in [5.41, 5.74) is -0.236. The summed E-state index contributed by atoms with van der Waals surface area (Å²) in [4.78, 5) is 12.7. The maximum Gasteiger partial charge on any atom is 0.312 e. The van der Waals surface area contributed by atoms with Crippen molar-refractivity contribution in [1.29, 1.82) is 0 Å². The lowest BCUT2D eigenvalue weighted by Crippen LogP contribution is -2.40. The van der Waals surface area contributed by atoms with Crippen molar-refractivity contribution in [1.82, 2.24) is 0 Å². The Morgan fingerprint density at radius 1 is 1.10 bits per heavy atom. The van der Waals surface area contributed by atoms with Gasteiger partial charge in [-0.2, -0.15) is 0 Å². The minimum absolute atomic E-state index is 0.0157. The van der Waals surface area contributed by atoms with Gasteiger partial charge < -0.3 is 4.74 Å². The van der Waals surface area contributed by atoms with E-state index in [1.807, 2.05) is 0 Å². The van der Waals surface area contributed by atoms with Gasteiger partial charge in [0.15, 0.2) is 0 Å². The molecule has 20 heavy (non-hydrogen) atoms. The van der Waals surface area contributed by atoms with E-state index < -0.39 is 0 Å². The van der Waals surface area contributed by atoms with Crippen LogP contribution in [0.4, 0.5) is 0 Å². The Morgan fingerprint density at radius 2 is 1.60 bits per heavy atom. The molecule has 0 aromatic rings. The van der Waals surface area contributed by atoms with Gasteiger partial charge >= 0.3 is 5.97 Å². The lowest BCUT2D eigenvalue weighted by molar-refractivity contribution is -0.167. The quantitative estimate of drug-likeness (QED) is 0.662. The second-order valence-electron chi connectivity index (χ2n) is 8.60. The van der Waals surface area contributed by atoms with Crippen molar-refractivity contribution >= 4 is 5.97 Å². The van der Waals surface area contributed by atoms with Crippen LogP contribution in [-0.4, -0.2) is 12.1 Å². The molecule has 0 bridgehead atoms. The zero-order chi connectivity index (χ0) is 15.6. The third kappa shape index (κ3) is 4.79. The molecule has 1 atom stereocenters. The fourth-order valence-electron chi connectivity index (χ4n) is 3.25. The third-order valence-electron chi connectivity index (χ3n) is 4.87. The first kappa shape index (κ1) is 17.5. The van der Waals surface area contributed by atoms with Gasteiger partial charge in [-0.3, -0.25) is 4.79 Å². The van der Waals surface area contributed by atoms with E-state index in [9.17, 15) is 4.79 Å². The SMILES string of the molecule is CC1CCC(OC(=O)C(C)(CC(C)(C)C)C(C)C)CC1. The first-order valence-corrected chi connectivity index (χ1v) is 8.25. The molecule has 0 heterocycles. The van der Waals surface area contributed by atoms with Crippen molar-refractivity contribution < 1.29 is 9.53 Å². The Kier molecular flexibility index (Phi) is 5.69. The van der Waals surface area contributed by atoms with Crippen LogP contribution in [0, 0.1) is 22.7 Å². The summed E-state index contributed by atoms with van der Waals surface area (Å²) in [7, 11) is 0. The van der Waals surface area contributed by atoms with Crippen LogP contribution < -0.4 is 0 Å². The summed E-state index contributed by atoms with van der Waals surface area (Å²) < 4.78 is 5.87. The number of esters is 1. The third-order valence-corrected chi connectivity index (χ3v) is 4.87. The largest absolute Gasteiger partial charge is 0.462 e. The molecule has 118 valence electrons. The van der Waals surface area contributed by atoms with Crippen molar-refractivity contribution in [3.8, 4) is 0 Å². The Labute approximate surface area is 125 Å². The van der Waals surface area contributed by atoms with Crippen molar-refractivity contribution in [2.75, 3.05) is 0 Å². The van der Waals surface area contributed by atoms with E-state index in [-0.39, 0.29) is 22.9 Å². The number of carbonyl (C=O) groups is 1. The normalized spacial score (nSPS) is 27.2. The van der Waals surface area contributed by atoms with Gasteiger partial charge in [-0.05, 0) is 56.3 Å². The standard InChI is InChI=1S/C18H34O2/c1-13(2)18(7,12-17(4,5)6)16(19)20-15-10-8-14(3)9-11-15/h13-15H,8-12H2,1-7H3. The van der Waals surface area contributed by atoms with Gasteiger partial charge in [0.05, 0.1) is 5.41 Å². The smallest absolute Gasteiger partial charge is 0.312 e. The van der Waals surface area contributed by atoms with Crippen molar-refractivity contribution in [2.24, 2.45) is 22.7 Å². The molecule has 0 N–H and O–H groups in total. The first-order chi connectivity index (χ1) is 9.04.